The summed E-state index contributed by atoms with van der Waals surface area (Å²) in [6, 6.07) is 2.26. The van der Waals surface area contributed by atoms with Crippen LogP contribution in [0.25, 0.3) is 11.1 Å². The normalized spacial score (nSPS) is 12.3. The van der Waals surface area contributed by atoms with Gasteiger partial charge in [-0.3, -0.25) is 0 Å². The molecule has 0 fully saturated rings. The molecule has 2 rings (SSSR count). The first-order valence-corrected chi connectivity index (χ1v) is 4.38. The number of benzene rings is 1. The molecule has 1 heterocycles. The van der Waals surface area contributed by atoms with Crippen molar-refractivity contribution >= 4 is 27.0 Å². The molecular weight excluding hydrogens is 263 g/mol. The maximum Gasteiger partial charge on any atom is 0.418 e. The maximum atomic E-state index is 12.4. The fourth-order valence-corrected chi connectivity index (χ4v) is 1.56. The van der Waals surface area contributed by atoms with Crippen molar-refractivity contribution in [1.29, 1.82) is 0 Å². The van der Waals surface area contributed by atoms with Gasteiger partial charge in [0.1, 0.15) is 5.52 Å². The molecule has 6 heteroatoms. The second-order valence-corrected chi connectivity index (χ2v) is 3.48. The van der Waals surface area contributed by atoms with E-state index in [4.69, 9.17) is 4.42 Å². The zero-order valence-corrected chi connectivity index (χ0v) is 8.19. The number of oxazole rings is 1. The van der Waals surface area contributed by atoms with E-state index in [1.807, 2.05) is 0 Å². The average Bonchev–Trinajstić information content (AvgIpc) is 2.50. The predicted octanol–water partition coefficient (Wildman–Crippen LogP) is 3.61. The first-order chi connectivity index (χ1) is 6.50. The third kappa shape index (κ3) is 1.39. The lowest BCUT2D eigenvalue weighted by Crippen LogP contribution is -2.05. The molecule has 2 aromatic rings. The van der Waals surface area contributed by atoms with E-state index in [1.54, 1.807) is 0 Å². The summed E-state index contributed by atoms with van der Waals surface area (Å²) in [4.78, 5) is 3.53. The van der Waals surface area contributed by atoms with Gasteiger partial charge in [-0.05, 0) is 28.1 Å². The highest BCUT2D eigenvalue weighted by Gasteiger charge is 2.34. The lowest BCUT2D eigenvalue weighted by atomic mass is 10.2. The van der Waals surface area contributed by atoms with Crippen molar-refractivity contribution in [3.8, 4) is 0 Å². The van der Waals surface area contributed by atoms with Crippen LogP contribution in [0.5, 0.6) is 0 Å². The molecule has 0 atom stereocenters. The molecule has 1 aromatic carbocycles. The van der Waals surface area contributed by atoms with Crippen molar-refractivity contribution in [3.05, 3.63) is 28.6 Å². The van der Waals surface area contributed by atoms with E-state index in [1.165, 1.54) is 6.07 Å². The molecular formula is C8H3BrF3NO. The molecule has 0 aliphatic carbocycles. The Labute approximate surface area is 84.9 Å². The number of halogens is 4. The minimum Gasteiger partial charge on any atom is -0.442 e. The number of alkyl halides is 3. The molecule has 0 unspecified atom stereocenters. The van der Waals surface area contributed by atoms with Gasteiger partial charge in [-0.25, -0.2) is 4.98 Å². The summed E-state index contributed by atoms with van der Waals surface area (Å²) in [6.45, 7) is 0. The Morgan fingerprint density at radius 1 is 1.29 bits per heavy atom. The standard InChI is InChI=1S/C8H3BrF3NO/c9-5-2-1-4(8(10,11)12)6-7(5)14-3-13-6/h1-3H. The minimum absolute atomic E-state index is 0.111. The first-order valence-electron chi connectivity index (χ1n) is 3.59. The zero-order chi connectivity index (χ0) is 10.3. The topological polar surface area (TPSA) is 26.0 Å². The second-order valence-electron chi connectivity index (χ2n) is 2.62. The van der Waals surface area contributed by atoms with Gasteiger partial charge in [0.2, 0.25) is 0 Å². The van der Waals surface area contributed by atoms with Crippen LogP contribution in [-0.4, -0.2) is 4.98 Å². The molecule has 0 N–H and O–H groups in total. The predicted molar refractivity (Wildman–Crippen MR) is 46.7 cm³/mol. The molecule has 74 valence electrons. The molecule has 0 aliphatic rings. The van der Waals surface area contributed by atoms with Gasteiger partial charge in [0.15, 0.2) is 12.0 Å². The molecule has 0 radical (unpaired) electrons. The quantitative estimate of drug-likeness (QED) is 0.728. The second kappa shape index (κ2) is 2.98. The van der Waals surface area contributed by atoms with E-state index < -0.39 is 11.7 Å². The fraction of sp³-hybridized carbons (Fsp3) is 0.125. The zero-order valence-electron chi connectivity index (χ0n) is 6.60. The SMILES string of the molecule is FC(F)(F)c1ccc(Br)c2ocnc12. The molecule has 0 amide bonds. The Hall–Kier alpha value is -1.04. The Morgan fingerprint density at radius 3 is 2.64 bits per heavy atom. The summed E-state index contributed by atoms with van der Waals surface area (Å²) in [6.07, 6.45) is -3.42. The Balaban J connectivity index is 2.80. The van der Waals surface area contributed by atoms with Crippen molar-refractivity contribution in [2.45, 2.75) is 6.18 Å². The number of hydrogen-bond donors (Lipinski definition) is 0. The van der Waals surface area contributed by atoms with Crippen molar-refractivity contribution in [3.63, 3.8) is 0 Å². The third-order valence-corrected chi connectivity index (χ3v) is 2.37. The van der Waals surface area contributed by atoms with Crippen molar-refractivity contribution in [2.24, 2.45) is 0 Å². The van der Waals surface area contributed by atoms with Gasteiger partial charge in [0.25, 0.3) is 0 Å². The number of aromatic nitrogens is 1. The summed E-state index contributed by atoms with van der Waals surface area (Å²) < 4.78 is 42.6. The van der Waals surface area contributed by atoms with Crippen LogP contribution < -0.4 is 0 Å². The minimum atomic E-state index is -4.41. The van der Waals surface area contributed by atoms with Gasteiger partial charge in [-0.2, -0.15) is 13.2 Å². The van der Waals surface area contributed by atoms with Gasteiger partial charge in [-0.1, -0.05) is 0 Å². The highest BCUT2D eigenvalue weighted by molar-refractivity contribution is 9.10. The summed E-state index contributed by atoms with van der Waals surface area (Å²) >= 11 is 3.08. The van der Waals surface area contributed by atoms with Crippen LogP contribution in [0.2, 0.25) is 0 Å². The number of nitrogens with zero attached hydrogens (tertiary/aromatic N) is 1. The van der Waals surface area contributed by atoms with Crippen LogP contribution in [0.15, 0.2) is 27.4 Å². The first kappa shape index (κ1) is 9.51. The number of fused-ring (bicyclic) bond motifs is 1. The lowest BCUT2D eigenvalue weighted by molar-refractivity contribution is -0.136. The van der Waals surface area contributed by atoms with Crippen LogP contribution in [0, 0.1) is 0 Å². The van der Waals surface area contributed by atoms with Crippen LogP contribution in [-0.2, 0) is 6.18 Å². The van der Waals surface area contributed by atoms with E-state index in [0.29, 0.717) is 4.47 Å². The molecule has 1 aromatic heterocycles. The summed E-state index contributed by atoms with van der Waals surface area (Å²) in [5.74, 6) is 0. The maximum absolute atomic E-state index is 12.4. The summed E-state index contributed by atoms with van der Waals surface area (Å²) in [5.41, 5.74) is -0.851. The van der Waals surface area contributed by atoms with Gasteiger partial charge in [-0.15, -0.1) is 0 Å². The lowest BCUT2D eigenvalue weighted by Gasteiger charge is -2.06. The molecule has 0 saturated carbocycles. The molecule has 14 heavy (non-hydrogen) atoms. The Morgan fingerprint density at radius 2 is 2.00 bits per heavy atom. The molecule has 0 saturated heterocycles. The smallest absolute Gasteiger partial charge is 0.418 e. The average molecular weight is 266 g/mol. The van der Waals surface area contributed by atoms with E-state index >= 15 is 0 Å². The third-order valence-electron chi connectivity index (χ3n) is 1.74. The monoisotopic (exact) mass is 265 g/mol. The molecule has 0 bridgehead atoms. The van der Waals surface area contributed by atoms with E-state index in [2.05, 4.69) is 20.9 Å². The van der Waals surface area contributed by atoms with Crippen molar-refractivity contribution < 1.29 is 17.6 Å². The fourth-order valence-electron chi connectivity index (χ4n) is 1.15. The highest BCUT2D eigenvalue weighted by Crippen LogP contribution is 2.36. The van der Waals surface area contributed by atoms with Crippen molar-refractivity contribution in [2.75, 3.05) is 0 Å². The Kier molecular flexibility index (Phi) is 2.02. The van der Waals surface area contributed by atoms with Gasteiger partial charge < -0.3 is 4.42 Å². The molecule has 0 aliphatic heterocycles. The van der Waals surface area contributed by atoms with Crippen LogP contribution in [0.1, 0.15) is 5.56 Å². The summed E-state index contributed by atoms with van der Waals surface area (Å²) in [7, 11) is 0. The molecule has 2 nitrogen and oxygen atoms in total. The van der Waals surface area contributed by atoms with Crippen molar-refractivity contribution in [1.82, 2.24) is 4.98 Å². The van der Waals surface area contributed by atoms with Crippen LogP contribution >= 0.6 is 15.9 Å². The van der Waals surface area contributed by atoms with Crippen LogP contribution in [0.3, 0.4) is 0 Å². The van der Waals surface area contributed by atoms with Crippen LogP contribution in [0.4, 0.5) is 13.2 Å². The van der Waals surface area contributed by atoms with Gasteiger partial charge >= 0.3 is 6.18 Å². The van der Waals surface area contributed by atoms with Gasteiger partial charge in [0, 0.05) is 0 Å². The highest BCUT2D eigenvalue weighted by atomic mass is 79.9. The van der Waals surface area contributed by atoms with E-state index in [9.17, 15) is 13.2 Å². The van der Waals surface area contributed by atoms with Gasteiger partial charge in [0.05, 0.1) is 10.0 Å². The summed E-state index contributed by atoms with van der Waals surface area (Å²) in [5, 5.41) is 0. The Bertz CT molecular complexity index is 477. The van der Waals surface area contributed by atoms with E-state index in [-0.39, 0.29) is 11.1 Å². The number of rotatable bonds is 0. The largest absolute Gasteiger partial charge is 0.442 e. The van der Waals surface area contributed by atoms with E-state index in [0.717, 1.165) is 12.5 Å². The number of hydrogen-bond acceptors (Lipinski definition) is 2. The molecule has 0 spiro atoms.